The quantitative estimate of drug-likeness (QED) is 0.525. The van der Waals surface area contributed by atoms with Gasteiger partial charge in [0.15, 0.2) is 0 Å². The smallest absolute Gasteiger partial charge is 0.327 e. The summed E-state index contributed by atoms with van der Waals surface area (Å²) in [4.78, 5) is 34.4. The molecule has 0 spiro atoms. The molecule has 0 saturated carbocycles. The number of aryl methyl sites for hydroxylation is 1. The van der Waals surface area contributed by atoms with Crippen molar-refractivity contribution in [1.82, 2.24) is 14.8 Å². The summed E-state index contributed by atoms with van der Waals surface area (Å²) in [5, 5.41) is 0.663. The van der Waals surface area contributed by atoms with Crippen LogP contribution in [-0.4, -0.2) is 59.9 Å². The van der Waals surface area contributed by atoms with Gasteiger partial charge in [-0.05, 0) is 48.9 Å². The van der Waals surface area contributed by atoms with Gasteiger partial charge in [-0.3, -0.25) is 9.69 Å². The van der Waals surface area contributed by atoms with Crippen molar-refractivity contribution in [3.63, 3.8) is 0 Å². The fourth-order valence-electron chi connectivity index (χ4n) is 3.89. The van der Waals surface area contributed by atoms with E-state index in [-0.39, 0.29) is 17.5 Å². The van der Waals surface area contributed by atoms with Gasteiger partial charge in [0.2, 0.25) is 0 Å². The molecule has 172 valence electrons. The topological polar surface area (TPSA) is 62.7 Å². The van der Waals surface area contributed by atoms with E-state index in [0.717, 1.165) is 5.56 Å². The third-order valence-corrected chi connectivity index (χ3v) is 6.85. The van der Waals surface area contributed by atoms with Crippen LogP contribution in [0.3, 0.4) is 0 Å². The number of thiazole rings is 1. The second kappa shape index (κ2) is 9.76. The Hall–Kier alpha value is -3.17. The largest absolute Gasteiger partial charge is 0.468 e. The second-order valence-corrected chi connectivity index (χ2v) is 8.74. The van der Waals surface area contributed by atoms with Crippen LogP contribution >= 0.6 is 11.3 Å². The van der Waals surface area contributed by atoms with Crippen LogP contribution in [0.4, 0.5) is 8.78 Å². The number of benzene rings is 2. The minimum Gasteiger partial charge on any atom is -0.468 e. The summed E-state index contributed by atoms with van der Waals surface area (Å²) in [6.07, 6.45) is 0. The number of esters is 1. The standard InChI is InChI=1S/C24H23F2N3O3S/c1-15-21(33-22(27-15)17-5-9-19(26)10-6-17)23(30)29-13-11-28(12-14-29)20(24(31)32-2)16-3-7-18(25)8-4-16/h3-10,20H,11-14H2,1-2H3. The number of nitrogens with zero attached hydrogens (tertiary/aromatic N) is 3. The van der Waals surface area contributed by atoms with Gasteiger partial charge < -0.3 is 9.64 Å². The van der Waals surface area contributed by atoms with Crippen LogP contribution in [-0.2, 0) is 9.53 Å². The number of hydrogen-bond acceptors (Lipinski definition) is 6. The number of ether oxygens (including phenoxy) is 1. The Balaban J connectivity index is 1.47. The zero-order valence-electron chi connectivity index (χ0n) is 18.3. The van der Waals surface area contributed by atoms with E-state index in [9.17, 15) is 18.4 Å². The first-order chi connectivity index (χ1) is 15.9. The molecule has 1 atom stereocenters. The van der Waals surface area contributed by atoms with Crippen LogP contribution in [0.1, 0.15) is 27.0 Å². The highest BCUT2D eigenvalue weighted by molar-refractivity contribution is 7.17. The molecular weight excluding hydrogens is 448 g/mol. The molecular formula is C24H23F2N3O3S. The van der Waals surface area contributed by atoms with Gasteiger partial charge in [0.1, 0.15) is 27.6 Å². The minimum atomic E-state index is -0.664. The lowest BCUT2D eigenvalue weighted by Gasteiger charge is -2.38. The molecule has 3 aromatic rings. The predicted octanol–water partition coefficient (Wildman–Crippen LogP) is 4.07. The molecule has 1 aromatic heterocycles. The van der Waals surface area contributed by atoms with Gasteiger partial charge in [0.05, 0.1) is 12.8 Å². The van der Waals surface area contributed by atoms with Gasteiger partial charge in [0.25, 0.3) is 5.91 Å². The van der Waals surface area contributed by atoms with E-state index in [1.165, 1.54) is 42.7 Å². The first-order valence-electron chi connectivity index (χ1n) is 10.5. The van der Waals surface area contributed by atoms with E-state index < -0.39 is 12.0 Å². The molecule has 1 fully saturated rings. The maximum atomic E-state index is 13.3. The molecule has 2 heterocycles. The van der Waals surface area contributed by atoms with Crippen LogP contribution in [0.15, 0.2) is 48.5 Å². The fraction of sp³-hybridized carbons (Fsp3) is 0.292. The van der Waals surface area contributed by atoms with Gasteiger partial charge in [-0.1, -0.05) is 12.1 Å². The van der Waals surface area contributed by atoms with Crippen molar-refractivity contribution in [2.75, 3.05) is 33.3 Å². The lowest BCUT2D eigenvalue weighted by Crippen LogP contribution is -2.51. The Morgan fingerprint density at radius 3 is 2.12 bits per heavy atom. The third kappa shape index (κ3) is 4.94. The molecule has 6 nitrogen and oxygen atoms in total. The fourth-order valence-corrected chi connectivity index (χ4v) is 4.93. The molecule has 2 aromatic carbocycles. The SMILES string of the molecule is COC(=O)C(c1ccc(F)cc1)N1CCN(C(=O)c2sc(-c3ccc(F)cc3)nc2C)CC1. The van der Waals surface area contributed by atoms with Crippen LogP contribution in [0.2, 0.25) is 0 Å². The molecule has 0 radical (unpaired) electrons. The second-order valence-electron chi connectivity index (χ2n) is 7.75. The molecule has 9 heteroatoms. The lowest BCUT2D eigenvalue weighted by atomic mass is 10.0. The Morgan fingerprint density at radius 1 is 0.970 bits per heavy atom. The van der Waals surface area contributed by atoms with Crippen molar-refractivity contribution in [2.24, 2.45) is 0 Å². The number of rotatable bonds is 5. The average molecular weight is 472 g/mol. The van der Waals surface area contributed by atoms with Crippen LogP contribution < -0.4 is 0 Å². The van der Waals surface area contributed by atoms with Gasteiger partial charge >= 0.3 is 5.97 Å². The summed E-state index contributed by atoms with van der Waals surface area (Å²) < 4.78 is 31.5. The first-order valence-corrected chi connectivity index (χ1v) is 11.3. The molecule has 0 N–H and O–H groups in total. The number of carbonyl (C=O) groups is 2. The highest BCUT2D eigenvalue weighted by Crippen LogP contribution is 2.30. The highest BCUT2D eigenvalue weighted by Gasteiger charge is 2.33. The van der Waals surface area contributed by atoms with Crippen LogP contribution in [0.25, 0.3) is 10.6 Å². The van der Waals surface area contributed by atoms with Gasteiger partial charge in [-0.2, -0.15) is 0 Å². The van der Waals surface area contributed by atoms with E-state index >= 15 is 0 Å². The van der Waals surface area contributed by atoms with E-state index in [4.69, 9.17) is 4.74 Å². The minimum absolute atomic E-state index is 0.116. The zero-order chi connectivity index (χ0) is 23.5. The number of aromatic nitrogens is 1. The maximum absolute atomic E-state index is 13.3. The van der Waals surface area contributed by atoms with Gasteiger partial charge in [0, 0.05) is 31.7 Å². The Bertz CT molecular complexity index is 1140. The maximum Gasteiger partial charge on any atom is 0.327 e. The number of carbonyl (C=O) groups excluding carboxylic acids is 2. The number of hydrogen-bond donors (Lipinski definition) is 0. The molecule has 1 aliphatic rings. The number of piperazine rings is 1. The predicted molar refractivity (Wildman–Crippen MR) is 121 cm³/mol. The van der Waals surface area contributed by atoms with Crippen LogP contribution in [0.5, 0.6) is 0 Å². The third-order valence-electron chi connectivity index (χ3n) is 5.66. The summed E-state index contributed by atoms with van der Waals surface area (Å²) in [5.41, 5.74) is 2.03. The zero-order valence-corrected chi connectivity index (χ0v) is 19.1. The molecule has 1 unspecified atom stereocenters. The summed E-state index contributed by atoms with van der Waals surface area (Å²) in [6, 6.07) is 11.1. The Morgan fingerprint density at radius 2 is 1.55 bits per heavy atom. The summed E-state index contributed by atoms with van der Waals surface area (Å²) in [7, 11) is 1.32. The highest BCUT2D eigenvalue weighted by atomic mass is 32.1. The van der Waals surface area contributed by atoms with E-state index in [1.54, 1.807) is 36.1 Å². The van der Waals surface area contributed by atoms with Crippen molar-refractivity contribution >= 4 is 23.2 Å². The van der Waals surface area contributed by atoms with Crippen LogP contribution in [0, 0.1) is 18.6 Å². The van der Waals surface area contributed by atoms with Gasteiger partial charge in [-0.15, -0.1) is 11.3 Å². The monoisotopic (exact) mass is 471 g/mol. The average Bonchev–Trinajstić information content (AvgIpc) is 3.22. The molecule has 1 saturated heterocycles. The number of amides is 1. The van der Waals surface area contributed by atoms with E-state index in [2.05, 4.69) is 4.98 Å². The van der Waals surface area contributed by atoms with Crippen molar-refractivity contribution < 1.29 is 23.1 Å². The molecule has 0 aliphatic carbocycles. The molecule has 33 heavy (non-hydrogen) atoms. The van der Waals surface area contributed by atoms with Crippen molar-refractivity contribution in [2.45, 2.75) is 13.0 Å². The number of halogens is 2. The first kappa shape index (κ1) is 23.0. The van der Waals surface area contributed by atoms with Gasteiger partial charge in [-0.25, -0.2) is 18.6 Å². The summed E-state index contributed by atoms with van der Waals surface area (Å²) in [5.74, 6) is -1.25. The number of methoxy groups -OCH3 is 1. The normalized spacial score (nSPS) is 15.3. The van der Waals surface area contributed by atoms with Crippen molar-refractivity contribution in [3.8, 4) is 10.6 Å². The Labute approximate surface area is 194 Å². The summed E-state index contributed by atoms with van der Waals surface area (Å²) >= 11 is 1.29. The van der Waals surface area contributed by atoms with Crippen molar-refractivity contribution in [1.29, 1.82) is 0 Å². The molecule has 4 rings (SSSR count). The lowest BCUT2D eigenvalue weighted by molar-refractivity contribution is -0.148. The molecule has 1 aliphatic heterocycles. The van der Waals surface area contributed by atoms with E-state index in [1.807, 2.05) is 4.90 Å². The van der Waals surface area contributed by atoms with E-state index in [0.29, 0.717) is 47.3 Å². The molecule has 0 bridgehead atoms. The Kier molecular flexibility index (Phi) is 6.80. The summed E-state index contributed by atoms with van der Waals surface area (Å²) in [6.45, 7) is 3.57. The molecule has 1 amide bonds. The van der Waals surface area contributed by atoms with Crippen molar-refractivity contribution in [3.05, 3.63) is 76.3 Å².